The molecule has 1 heterocycles. The molecule has 0 bridgehead atoms. The van der Waals surface area contributed by atoms with E-state index in [1.54, 1.807) is 17.0 Å². The van der Waals surface area contributed by atoms with Crippen LogP contribution < -0.4 is 0 Å². The first kappa shape index (κ1) is 12.4. The molecule has 0 aliphatic heterocycles. The number of nitrogens with zero attached hydrogens (tertiary/aromatic N) is 1. The summed E-state index contributed by atoms with van der Waals surface area (Å²) in [5.41, 5.74) is 0. The summed E-state index contributed by atoms with van der Waals surface area (Å²) >= 11 is 0.994. The summed E-state index contributed by atoms with van der Waals surface area (Å²) < 4.78 is 0. The predicted octanol–water partition coefficient (Wildman–Crippen LogP) is 2.09. The lowest BCUT2D eigenvalue weighted by Gasteiger charge is -2.17. The van der Waals surface area contributed by atoms with E-state index in [1.807, 2.05) is 6.92 Å². The molecule has 86 valence electrons. The summed E-state index contributed by atoms with van der Waals surface area (Å²) in [6.45, 7) is 6.48. The van der Waals surface area contributed by atoms with Crippen molar-refractivity contribution in [2.45, 2.75) is 6.92 Å². The van der Waals surface area contributed by atoms with Crippen molar-refractivity contribution in [3.8, 4) is 0 Å². The maximum absolute atomic E-state index is 11.9. The molecule has 1 aromatic heterocycles. The Morgan fingerprint density at radius 1 is 1.50 bits per heavy atom. The van der Waals surface area contributed by atoms with Crippen molar-refractivity contribution in [1.29, 1.82) is 0 Å². The first-order valence-corrected chi connectivity index (χ1v) is 5.65. The van der Waals surface area contributed by atoms with Gasteiger partial charge in [0.25, 0.3) is 5.91 Å². The van der Waals surface area contributed by atoms with E-state index in [2.05, 4.69) is 6.58 Å². The van der Waals surface area contributed by atoms with E-state index in [0.717, 1.165) is 11.3 Å². The molecule has 0 saturated carbocycles. The fourth-order valence-corrected chi connectivity index (χ4v) is 2.05. The van der Waals surface area contributed by atoms with Gasteiger partial charge in [0.05, 0.1) is 4.88 Å². The van der Waals surface area contributed by atoms with Crippen LogP contribution >= 0.6 is 11.3 Å². The Morgan fingerprint density at radius 3 is 2.56 bits per heavy atom. The highest BCUT2D eigenvalue weighted by Crippen LogP contribution is 2.18. The Balaban J connectivity index is 2.86. The maximum Gasteiger partial charge on any atom is 0.345 e. The highest BCUT2D eigenvalue weighted by molar-refractivity contribution is 7.15. The molecule has 0 fully saturated rings. The number of likely N-dealkylation sites (N-methyl/N-ethyl adjacent to an activating group) is 1. The lowest BCUT2D eigenvalue weighted by molar-refractivity contribution is 0.0701. The van der Waals surface area contributed by atoms with Gasteiger partial charge in [-0.1, -0.05) is 6.08 Å². The lowest BCUT2D eigenvalue weighted by Crippen LogP contribution is -2.30. The Bertz CT molecular complexity index is 411. The number of aromatic carboxylic acids is 1. The zero-order chi connectivity index (χ0) is 12.1. The fraction of sp³-hybridized carbons (Fsp3) is 0.273. The van der Waals surface area contributed by atoms with E-state index in [9.17, 15) is 9.59 Å². The van der Waals surface area contributed by atoms with Gasteiger partial charge in [0.2, 0.25) is 0 Å². The zero-order valence-electron chi connectivity index (χ0n) is 8.97. The van der Waals surface area contributed by atoms with Gasteiger partial charge in [-0.2, -0.15) is 0 Å². The lowest BCUT2D eigenvalue weighted by atomic mass is 10.3. The number of carbonyl (C=O) groups is 2. The Morgan fingerprint density at radius 2 is 2.12 bits per heavy atom. The van der Waals surface area contributed by atoms with Crippen LogP contribution in [0.4, 0.5) is 0 Å². The van der Waals surface area contributed by atoms with Crippen LogP contribution in [0.1, 0.15) is 26.3 Å². The molecular weight excluding hydrogens is 226 g/mol. The predicted molar refractivity (Wildman–Crippen MR) is 63.1 cm³/mol. The monoisotopic (exact) mass is 239 g/mol. The second-order valence-corrected chi connectivity index (χ2v) is 4.19. The summed E-state index contributed by atoms with van der Waals surface area (Å²) in [5.74, 6) is -1.16. The third-order valence-corrected chi connectivity index (χ3v) is 3.11. The number of hydrogen-bond donors (Lipinski definition) is 1. The minimum absolute atomic E-state index is 0.153. The standard InChI is InChI=1S/C11H13NO3S/c1-3-7-12(4-2)10(13)8-5-6-9(16-8)11(14)15/h3,5-6H,1,4,7H2,2H3,(H,14,15). The molecule has 5 heteroatoms. The number of rotatable bonds is 5. The third kappa shape index (κ3) is 2.70. The van der Waals surface area contributed by atoms with Crippen LogP contribution in [0.25, 0.3) is 0 Å². The maximum atomic E-state index is 11.9. The number of amides is 1. The minimum atomic E-state index is -1.00. The molecule has 1 aromatic rings. The van der Waals surface area contributed by atoms with Crippen LogP contribution in [0.3, 0.4) is 0 Å². The summed E-state index contributed by atoms with van der Waals surface area (Å²) in [5, 5.41) is 8.75. The van der Waals surface area contributed by atoms with Crippen molar-refractivity contribution in [2.24, 2.45) is 0 Å². The van der Waals surface area contributed by atoms with Gasteiger partial charge in [0, 0.05) is 13.1 Å². The smallest absolute Gasteiger partial charge is 0.345 e. The van der Waals surface area contributed by atoms with Gasteiger partial charge in [-0.05, 0) is 19.1 Å². The first-order valence-electron chi connectivity index (χ1n) is 4.83. The third-order valence-electron chi connectivity index (χ3n) is 2.05. The van der Waals surface area contributed by atoms with Crippen molar-refractivity contribution < 1.29 is 14.7 Å². The SMILES string of the molecule is C=CCN(CC)C(=O)c1ccc(C(=O)O)s1. The van der Waals surface area contributed by atoms with Crippen LogP contribution in [0.15, 0.2) is 24.8 Å². The molecule has 0 aliphatic carbocycles. The Labute approximate surface area is 97.8 Å². The number of hydrogen-bond acceptors (Lipinski definition) is 3. The Hall–Kier alpha value is -1.62. The van der Waals surface area contributed by atoms with E-state index in [4.69, 9.17) is 5.11 Å². The minimum Gasteiger partial charge on any atom is -0.477 e. The van der Waals surface area contributed by atoms with Gasteiger partial charge in [-0.15, -0.1) is 17.9 Å². The van der Waals surface area contributed by atoms with Crippen molar-refractivity contribution in [3.63, 3.8) is 0 Å². The molecule has 16 heavy (non-hydrogen) atoms. The van der Waals surface area contributed by atoms with E-state index in [-0.39, 0.29) is 10.8 Å². The second kappa shape index (κ2) is 5.46. The molecule has 1 N–H and O–H groups in total. The molecule has 0 saturated heterocycles. The Kier molecular flexibility index (Phi) is 4.25. The van der Waals surface area contributed by atoms with Crippen LogP contribution in [0.5, 0.6) is 0 Å². The number of carboxylic acid groups (broad SMARTS) is 1. The van der Waals surface area contributed by atoms with Crippen molar-refractivity contribution in [2.75, 3.05) is 13.1 Å². The first-order chi connectivity index (χ1) is 7.60. The zero-order valence-corrected chi connectivity index (χ0v) is 9.79. The highest BCUT2D eigenvalue weighted by Gasteiger charge is 2.16. The van der Waals surface area contributed by atoms with Gasteiger partial charge in [0.1, 0.15) is 4.88 Å². The number of carbonyl (C=O) groups excluding carboxylic acids is 1. The quantitative estimate of drug-likeness (QED) is 0.800. The largest absolute Gasteiger partial charge is 0.477 e. The molecule has 1 amide bonds. The highest BCUT2D eigenvalue weighted by atomic mass is 32.1. The summed E-state index contributed by atoms with van der Waals surface area (Å²) in [7, 11) is 0. The van der Waals surface area contributed by atoms with Crippen LogP contribution in [-0.2, 0) is 0 Å². The van der Waals surface area contributed by atoms with Gasteiger partial charge < -0.3 is 10.0 Å². The van der Waals surface area contributed by atoms with Crippen LogP contribution in [0, 0.1) is 0 Å². The van der Waals surface area contributed by atoms with Crippen molar-refractivity contribution in [1.82, 2.24) is 4.90 Å². The van der Waals surface area contributed by atoms with Gasteiger partial charge in [-0.25, -0.2) is 4.79 Å². The van der Waals surface area contributed by atoms with Crippen molar-refractivity contribution in [3.05, 3.63) is 34.5 Å². The molecule has 0 unspecified atom stereocenters. The molecule has 1 rings (SSSR count). The molecular formula is C11H13NO3S. The number of thiophene rings is 1. The molecule has 4 nitrogen and oxygen atoms in total. The molecule has 0 atom stereocenters. The average Bonchev–Trinajstić information content (AvgIpc) is 2.74. The van der Waals surface area contributed by atoms with E-state index in [0.29, 0.717) is 18.0 Å². The molecule has 0 aromatic carbocycles. The topological polar surface area (TPSA) is 57.6 Å². The summed E-state index contributed by atoms with van der Waals surface area (Å²) in [6, 6.07) is 2.99. The van der Waals surface area contributed by atoms with Gasteiger partial charge in [0.15, 0.2) is 0 Å². The number of carboxylic acids is 1. The van der Waals surface area contributed by atoms with Gasteiger partial charge in [-0.3, -0.25) is 4.79 Å². The van der Waals surface area contributed by atoms with Crippen LogP contribution in [-0.4, -0.2) is 35.0 Å². The average molecular weight is 239 g/mol. The second-order valence-electron chi connectivity index (χ2n) is 3.10. The van der Waals surface area contributed by atoms with Gasteiger partial charge >= 0.3 is 5.97 Å². The van der Waals surface area contributed by atoms with Crippen LogP contribution in [0.2, 0.25) is 0 Å². The summed E-state index contributed by atoms with van der Waals surface area (Å²) in [6.07, 6.45) is 1.65. The van der Waals surface area contributed by atoms with E-state index in [1.165, 1.54) is 6.07 Å². The van der Waals surface area contributed by atoms with E-state index >= 15 is 0 Å². The normalized spacial score (nSPS) is 9.81. The van der Waals surface area contributed by atoms with E-state index < -0.39 is 5.97 Å². The molecule has 0 radical (unpaired) electrons. The van der Waals surface area contributed by atoms with Crippen molar-refractivity contribution >= 4 is 23.2 Å². The molecule has 0 aliphatic rings. The molecule has 0 spiro atoms. The fourth-order valence-electron chi connectivity index (χ4n) is 1.24. The summed E-state index contributed by atoms with van der Waals surface area (Å²) in [4.78, 5) is 24.8.